The standard InChI is InChI=1S/C22H28N2O7/c1-24-8-7-21-17-11-3-4-14(25)18(17)31-19(21)12(23-13(20(28)29)10-16(26)27)5-6-22(21,30-2)15(24)9-11/h3-4,12-13,15,19,23,25H,5-10H2,1-2H3,(H,26,27)(H,28,29)/t12-,13?,15?,19+,21+,22-/m1/s1. The topological polar surface area (TPSA) is 129 Å². The molecule has 0 amide bonds. The fourth-order valence-corrected chi connectivity index (χ4v) is 6.96. The number of piperidine rings is 1. The number of aliphatic carboxylic acids is 2. The van der Waals surface area contributed by atoms with Crippen LogP contribution >= 0.6 is 0 Å². The Kier molecular flexibility index (Phi) is 4.52. The molecule has 9 heteroatoms. The number of likely N-dealkylation sites (N-methyl/N-ethyl adjacent to an activating group) is 1. The Labute approximate surface area is 179 Å². The number of benzene rings is 1. The van der Waals surface area contributed by atoms with E-state index in [0.29, 0.717) is 18.6 Å². The number of phenolic OH excluding ortho intramolecular Hbond substituents is 1. The van der Waals surface area contributed by atoms with Crippen molar-refractivity contribution in [1.29, 1.82) is 0 Å². The second kappa shape index (κ2) is 6.82. The van der Waals surface area contributed by atoms with Crippen molar-refractivity contribution in [2.45, 2.75) is 67.3 Å². The number of aromatic hydroxyl groups is 1. The molecular formula is C22H28N2O7. The molecule has 4 aliphatic rings. The SMILES string of the molecule is CO[C@@]12CC[C@@H](NC(CC(=O)O)C(=O)O)[C@@H]3Oc4c(O)ccc5c4[C@@]31CCN(C)C2C5. The summed E-state index contributed by atoms with van der Waals surface area (Å²) in [6, 6.07) is 2.14. The van der Waals surface area contributed by atoms with E-state index in [0.717, 1.165) is 30.5 Å². The highest BCUT2D eigenvalue weighted by molar-refractivity contribution is 5.80. The molecule has 4 N–H and O–H groups in total. The van der Waals surface area contributed by atoms with Crippen LogP contribution < -0.4 is 10.1 Å². The van der Waals surface area contributed by atoms with E-state index in [2.05, 4.69) is 17.3 Å². The summed E-state index contributed by atoms with van der Waals surface area (Å²) in [7, 11) is 3.84. The number of carboxylic acid groups (broad SMARTS) is 2. The van der Waals surface area contributed by atoms with Gasteiger partial charge in [-0.1, -0.05) is 6.07 Å². The van der Waals surface area contributed by atoms with Gasteiger partial charge in [0.15, 0.2) is 11.5 Å². The number of nitrogens with zero attached hydrogens (tertiary/aromatic N) is 1. The van der Waals surface area contributed by atoms with E-state index in [1.165, 1.54) is 0 Å². The van der Waals surface area contributed by atoms with Gasteiger partial charge in [0.25, 0.3) is 0 Å². The summed E-state index contributed by atoms with van der Waals surface area (Å²) in [5, 5.41) is 32.5. The van der Waals surface area contributed by atoms with Crippen molar-refractivity contribution in [1.82, 2.24) is 10.2 Å². The molecule has 2 fully saturated rings. The van der Waals surface area contributed by atoms with Gasteiger partial charge in [0.1, 0.15) is 12.1 Å². The lowest BCUT2D eigenvalue weighted by Crippen LogP contribution is -2.78. The summed E-state index contributed by atoms with van der Waals surface area (Å²) in [6.07, 6.45) is 1.82. The van der Waals surface area contributed by atoms with Gasteiger partial charge in [-0.15, -0.1) is 0 Å². The number of phenols is 1. The van der Waals surface area contributed by atoms with Crippen LogP contribution in [0.2, 0.25) is 0 Å². The first kappa shape index (κ1) is 20.5. The minimum absolute atomic E-state index is 0.0731. The van der Waals surface area contributed by atoms with Gasteiger partial charge in [-0.25, -0.2) is 0 Å². The van der Waals surface area contributed by atoms with E-state index >= 15 is 0 Å². The molecule has 168 valence electrons. The van der Waals surface area contributed by atoms with Crippen LogP contribution in [0.25, 0.3) is 0 Å². The average Bonchev–Trinajstić information content (AvgIpc) is 3.08. The van der Waals surface area contributed by atoms with E-state index in [1.54, 1.807) is 13.2 Å². The Morgan fingerprint density at radius 1 is 1.35 bits per heavy atom. The third-order valence-electron chi connectivity index (χ3n) is 8.15. The molecule has 5 rings (SSSR count). The van der Waals surface area contributed by atoms with Gasteiger partial charge < -0.3 is 29.7 Å². The van der Waals surface area contributed by atoms with Crippen LogP contribution in [0.3, 0.4) is 0 Å². The number of carboxylic acids is 2. The summed E-state index contributed by atoms with van der Waals surface area (Å²) in [6.45, 7) is 0.828. The highest BCUT2D eigenvalue weighted by Gasteiger charge is 2.73. The van der Waals surface area contributed by atoms with Gasteiger partial charge in [0.05, 0.1) is 17.4 Å². The van der Waals surface area contributed by atoms with Crippen LogP contribution in [-0.2, 0) is 26.2 Å². The van der Waals surface area contributed by atoms with Crippen LogP contribution in [-0.4, -0.2) is 82.7 Å². The van der Waals surface area contributed by atoms with Crippen molar-refractivity contribution in [2.75, 3.05) is 20.7 Å². The lowest BCUT2D eigenvalue weighted by Gasteiger charge is -2.65. The molecule has 9 nitrogen and oxygen atoms in total. The zero-order chi connectivity index (χ0) is 22.1. The monoisotopic (exact) mass is 432 g/mol. The summed E-state index contributed by atoms with van der Waals surface area (Å²) in [5.74, 6) is -1.84. The van der Waals surface area contributed by atoms with Gasteiger partial charge in [-0.2, -0.15) is 0 Å². The normalized spacial score (nSPS) is 36.4. The van der Waals surface area contributed by atoms with Gasteiger partial charge in [-0.3, -0.25) is 14.9 Å². The van der Waals surface area contributed by atoms with Crippen molar-refractivity contribution >= 4 is 11.9 Å². The zero-order valence-corrected chi connectivity index (χ0v) is 17.6. The molecule has 1 aromatic rings. The molecular weight excluding hydrogens is 404 g/mol. The van der Waals surface area contributed by atoms with Crippen LogP contribution in [0, 0.1) is 0 Å². The minimum Gasteiger partial charge on any atom is -0.504 e. The fourth-order valence-electron chi connectivity index (χ4n) is 6.96. The Bertz CT molecular complexity index is 952. The molecule has 31 heavy (non-hydrogen) atoms. The van der Waals surface area contributed by atoms with Crippen molar-refractivity contribution in [3.05, 3.63) is 23.3 Å². The Morgan fingerprint density at radius 2 is 2.13 bits per heavy atom. The van der Waals surface area contributed by atoms with Gasteiger partial charge in [0.2, 0.25) is 0 Å². The molecule has 2 heterocycles. The molecule has 2 aliphatic carbocycles. The summed E-state index contributed by atoms with van der Waals surface area (Å²) >= 11 is 0. The zero-order valence-electron chi connectivity index (χ0n) is 17.6. The number of hydrogen-bond acceptors (Lipinski definition) is 7. The summed E-state index contributed by atoms with van der Waals surface area (Å²) < 4.78 is 12.8. The second-order valence-electron chi connectivity index (χ2n) is 9.30. The Balaban J connectivity index is 1.63. The maximum Gasteiger partial charge on any atom is 0.321 e. The van der Waals surface area contributed by atoms with Crippen molar-refractivity contribution in [3.63, 3.8) is 0 Å². The summed E-state index contributed by atoms with van der Waals surface area (Å²) in [4.78, 5) is 25.3. The van der Waals surface area contributed by atoms with E-state index < -0.39 is 41.5 Å². The average molecular weight is 432 g/mol. The first-order chi connectivity index (χ1) is 14.7. The number of carbonyl (C=O) groups is 2. The molecule has 6 atom stereocenters. The number of likely N-dealkylation sites (tertiary alicyclic amines) is 1. The highest BCUT2D eigenvalue weighted by Crippen LogP contribution is 2.66. The minimum atomic E-state index is -1.22. The van der Waals surface area contributed by atoms with E-state index in [9.17, 15) is 24.9 Å². The number of nitrogens with one attached hydrogen (secondary N) is 1. The number of rotatable bonds is 6. The smallest absolute Gasteiger partial charge is 0.321 e. The molecule has 1 aromatic carbocycles. The van der Waals surface area contributed by atoms with Gasteiger partial charge >= 0.3 is 11.9 Å². The lowest BCUT2D eigenvalue weighted by atomic mass is 9.48. The molecule has 1 spiro atoms. The first-order valence-corrected chi connectivity index (χ1v) is 10.7. The molecule has 1 saturated carbocycles. The van der Waals surface area contributed by atoms with Gasteiger partial charge in [0, 0.05) is 24.8 Å². The molecule has 0 aromatic heterocycles. The highest BCUT2D eigenvalue weighted by atomic mass is 16.5. The molecule has 2 aliphatic heterocycles. The third kappa shape index (κ3) is 2.54. The van der Waals surface area contributed by atoms with Crippen molar-refractivity contribution < 1.29 is 34.4 Å². The largest absolute Gasteiger partial charge is 0.504 e. The molecule has 2 unspecified atom stereocenters. The third-order valence-corrected chi connectivity index (χ3v) is 8.15. The van der Waals surface area contributed by atoms with Crippen LogP contribution in [0.1, 0.15) is 36.8 Å². The van der Waals surface area contributed by atoms with Crippen LogP contribution in [0.4, 0.5) is 0 Å². The molecule has 1 saturated heterocycles. The maximum absolute atomic E-state index is 11.7. The van der Waals surface area contributed by atoms with Gasteiger partial charge in [-0.05, 0) is 50.9 Å². The van der Waals surface area contributed by atoms with Crippen molar-refractivity contribution in [3.8, 4) is 11.5 Å². The molecule has 0 radical (unpaired) electrons. The summed E-state index contributed by atoms with van der Waals surface area (Å²) in [5.41, 5.74) is 1.05. The number of methoxy groups -OCH3 is 1. The Hall–Kier alpha value is -2.36. The van der Waals surface area contributed by atoms with Crippen LogP contribution in [0.15, 0.2) is 12.1 Å². The van der Waals surface area contributed by atoms with Crippen LogP contribution in [0.5, 0.6) is 11.5 Å². The van der Waals surface area contributed by atoms with E-state index in [1.807, 2.05) is 6.07 Å². The lowest BCUT2D eigenvalue weighted by molar-refractivity contribution is -0.204. The quantitative estimate of drug-likeness (QED) is 0.514. The number of hydrogen-bond donors (Lipinski definition) is 4. The predicted molar refractivity (Wildman–Crippen MR) is 109 cm³/mol. The molecule has 2 bridgehead atoms. The van der Waals surface area contributed by atoms with E-state index in [-0.39, 0.29) is 17.8 Å². The predicted octanol–water partition coefficient (Wildman–Crippen LogP) is 0.716. The van der Waals surface area contributed by atoms with Crippen molar-refractivity contribution in [2.24, 2.45) is 0 Å². The first-order valence-electron chi connectivity index (χ1n) is 10.7. The maximum atomic E-state index is 11.7. The number of ether oxygens (including phenoxy) is 2. The fraction of sp³-hybridized carbons (Fsp3) is 0.636. The Morgan fingerprint density at radius 3 is 2.81 bits per heavy atom. The van der Waals surface area contributed by atoms with E-state index in [4.69, 9.17) is 9.47 Å². The second-order valence-corrected chi connectivity index (χ2v) is 9.30.